The van der Waals surface area contributed by atoms with Crippen molar-refractivity contribution in [2.75, 3.05) is 0 Å². The number of carbonyl (C=O) groups excluding carboxylic acids is 1. The molecular weight excluding hydrogens is 192 g/mol. The third-order valence-electron chi connectivity index (χ3n) is 2.30. The molecule has 0 saturated carbocycles. The van der Waals surface area contributed by atoms with Crippen LogP contribution in [0.2, 0.25) is 0 Å². The van der Waals surface area contributed by atoms with Gasteiger partial charge in [-0.15, -0.1) is 0 Å². The number of hydrogen-bond acceptors (Lipinski definition) is 3. The molecule has 0 aliphatic carbocycles. The molecule has 0 radical (unpaired) electrons. The van der Waals surface area contributed by atoms with Crippen LogP contribution in [0.15, 0.2) is 6.07 Å². The van der Waals surface area contributed by atoms with Crippen LogP contribution in [-0.2, 0) is 17.9 Å². The summed E-state index contributed by atoms with van der Waals surface area (Å²) < 4.78 is 1.91. The van der Waals surface area contributed by atoms with Crippen molar-refractivity contribution in [3.05, 3.63) is 17.5 Å². The van der Waals surface area contributed by atoms with E-state index in [1.165, 1.54) is 0 Å². The van der Waals surface area contributed by atoms with Gasteiger partial charge < -0.3 is 11.1 Å². The summed E-state index contributed by atoms with van der Waals surface area (Å²) in [5, 5.41) is 7.36. The van der Waals surface area contributed by atoms with Crippen molar-refractivity contribution in [2.24, 2.45) is 5.73 Å². The van der Waals surface area contributed by atoms with Gasteiger partial charge in [0.15, 0.2) is 0 Å². The lowest BCUT2D eigenvalue weighted by atomic mass is 10.3. The van der Waals surface area contributed by atoms with Crippen LogP contribution in [0, 0.1) is 6.92 Å². The van der Waals surface area contributed by atoms with Crippen LogP contribution in [-0.4, -0.2) is 21.7 Å². The minimum absolute atomic E-state index is 0.314. The lowest BCUT2D eigenvalue weighted by molar-refractivity contribution is -0.119. The van der Waals surface area contributed by atoms with E-state index in [2.05, 4.69) is 10.4 Å². The molecule has 0 aliphatic rings. The number of hydrogen-bond donors (Lipinski definition) is 2. The van der Waals surface area contributed by atoms with Crippen LogP contribution < -0.4 is 11.1 Å². The van der Waals surface area contributed by atoms with E-state index in [4.69, 9.17) is 5.73 Å². The monoisotopic (exact) mass is 210 g/mol. The molecule has 0 bridgehead atoms. The minimum Gasteiger partial charge on any atom is -0.368 e. The lowest BCUT2D eigenvalue weighted by Gasteiger charge is -2.10. The Labute approximate surface area is 89.6 Å². The van der Waals surface area contributed by atoms with Gasteiger partial charge in [-0.1, -0.05) is 0 Å². The summed E-state index contributed by atoms with van der Waals surface area (Å²) in [6, 6.07) is 1.69. The zero-order valence-corrected chi connectivity index (χ0v) is 9.45. The van der Waals surface area contributed by atoms with Crippen molar-refractivity contribution in [3.8, 4) is 0 Å². The van der Waals surface area contributed by atoms with E-state index < -0.39 is 0 Å². The number of aromatic nitrogens is 2. The fraction of sp³-hybridized carbons (Fsp3) is 0.600. The van der Waals surface area contributed by atoms with Gasteiger partial charge in [-0.05, 0) is 26.8 Å². The molecule has 1 rings (SSSR count). The number of amides is 1. The standard InChI is InChI=1S/C10H18N4O/c1-4-14-9(5-7(2)13-14)6-12-8(3)10(11)15/h5,8,12H,4,6H2,1-3H3,(H2,11,15). The number of nitrogens with one attached hydrogen (secondary N) is 1. The summed E-state index contributed by atoms with van der Waals surface area (Å²) in [5.74, 6) is -0.339. The Balaban J connectivity index is 2.60. The first-order valence-corrected chi connectivity index (χ1v) is 5.10. The molecular formula is C10H18N4O. The SMILES string of the molecule is CCn1nc(C)cc1CNC(C)C(N)=O. The molecule has 1 unspecified atom stereocenters. The van der Waals surface area contributed by atoms with E-state index in [1.807, 2.05) is 24.6 Å². The molecule has 0 fully saturated rings. The third kappa shape index (κ3) is 3.06. The van der Waals surface area contributed by atoms with Gasteiger partial charge in [0.25, 0.3) is 0 Å². The molecule has 0 spiro atoms. The average Bonchev–Trinajstić information content (AvgIpc) is 2.55. The van der Waals surface area contributed by atoms with Gasteiger partial charge in [-0.25, -0.2) is 0 Å². The van der Waals surface area contributed by atoms with Crippen molar-refractivity contribution in [1.29, 1.82) is 0 Å². The highest BCUT2D eigenvalue weighted by Crippen LogP contribution is 2.03. The van der Waals surface area contributed by atoms with Gasteiger partial charge in [0.2, 0.25) is 5.91 Å². The fourth-order valence-electron chi connectivity index (χ4n) is 1.37. The molecule has 0 aromatic carbocycles. The number of aryl methyl sites for hydroxylation is 2. The summed E-state index contributed by atoms with van der Waals surface area (Å²) >= 11 is 0. The van der Waals surface area contributed by atoms with Crippen molar-refractivity contribution in [2.45, 2.75) is 39.9 Å². The van der Waals surface area contributed by atoms with Crippen molar-refractivity contribution < 1.29 is 4.79 Å². The first kappa shape index (κ1) is 11.7. The van der Waals surface area contributed by atoms with Gasteiger partial charge >= 0.3 is 0 Å². The topological polar surface area (TPSA) is 72.9 Å². The summed E-state index contributed by atoms with van der Waals surface area (Å²) in [5.41, 5.74) is 7.21. The molecule has 15 heavy (non-hydrogen) atoms. The average molecular weight is 210 g/mol. The first-order valence-electron chi connectivity index (χ1n) is 5.10. The van der Waals surface area contributed by atoms with E-state index in [0.29, 0.717) is 6.54 Å². The molecule has 5 nitrogen and oxygen atoms in total. The number of nitrogens with zero attached hydrogens (tertiary/aromatic N) is 2. The Kier molecular flexibility index (Phi) is 3.85. The maximum atomic E-state index is 10.8. The fourth-order valence-corrected chi connectivity index (χ4v) is 1.37. The second-order valence-corrected chi connectivity index (χ2v) is 3.60. The lowest BCUT2D eigenvalue weighted by Crippen LogP contribution is -2.38. The molecule has 0 saturated heterocycles. The van der Waals surface area contributed by atoms with E-state index in [-0.39, 0.29) is 11.9 Å². The summed E-state index contributed by atoms with van der Waals surface area (Å²) in [6.07, 6.45) is 0. The zero-order valence-electron chi connectivity index (χ0n) is 9.45. The Morgan fingerprint density at radius 3 is 2.93 bits per heavy atom. The maximum absolute atomic E-state index is 10.8. The van der Waals surface area contributed by atoms with Gasteiger partial charge in [0, 0.05) is 13.1 Å². The third-order valence-corrected chi connectivity index (χ3v) is 2.30. The van der Waals surface area contributed by atoms with Crippen molar-refractivity contribution in [3.63, 3.8) is 0 Å². The van der Waals surface area contributed by atoms with Crippen LogP contribution in [0.25, 0.3) is 0 Å². The molecule has 0 aliphatic heterocycles. The Morgan fingerprint density at radius 2 is 2.40 bits per heavy atom. The molecule has 1 aromatic heterocycles. The maximum Gasteiger partial charge on any atom is 0.234 e. The number of nitrogens with two attached hydrogens (primary N) is 1. The largest absolute Gasteiger partial charge is 0.368 e. The van der Waals surface area contributed by atoms with Crippen LogP contribution in [0.1, 0.15) is 25.2 Å². The Bertz CT molecular complexity index is 345. The Morgan fingerprint density at radius 1 is 1.73 bits per heavy atom. The van der Waals surface area contributed by atoms with Gasteiger partial charge in [0.05, 0.1) is 17.4 Å². The highest BCUT2D eigenvalue weighted by molar-refractivity contribution is 5.79. The molecule has 1 atom stereocenters. The van der Waals surface area contributed by atoms with Crippen LogP contribution in [0.5, 0.6) is 0 Å². The highest BCUT2D eigenvalue weighted by Gasteiger charge is 2.09. The summed E-state index contributed by atoms with van der Waals surface area (Å²) in [6.45, 7) is 7.18. The molecule has 1 heterocycles. The van der Waals surface area contributed by atoms with E-state index in [1.54, 1.807) is 6.92 Å². The number of carbonyl (C=O) groups is 1. The van der Waals surface area contributed by atoms with Gasteiger partial charge in [-0.2, -0.15) is 5.10 Å². The molecule has 84 valence electrons. The second kappa shape index (κ2) is 4.93. The summed E-state index contributed by atoms with van der Waals surface area (Å²) in [4.78, 5) is 10.8. The molecule has 3 N–H and O–H groups in total. The zero-order chi connectivity index (χ0) is 11.4. The van der Waals surface area contributed by atoms with Gasteiger partial charge in [0.1, 0.15) is 0 Å². The van der Waals surface area contributed by atoms with Crippen LogP contribution >= 0.6 is 0 Å². The van der Waals surface area contributed by atoms with E-state index in [9.17, 15) is 4.79 Å². The van der Waals surface area contributed by atoms with Gasteiger partial charge in [-0.3, -0.25) is 9.48 Å². The smallest absolute Gasteiger partial charge is 0.234 e. The Hall–Kier alpha value is -1.36. The predicted molar refractivity (Wildman–Crippen MR) is 58.1 cm³/mol. The molecule has 5 heteroatoms. The van der Waals surface area contributed by atoms with Crippen LogP contribution in [0.3, 0.4) is 0 Å². The first-order chi connectivity index (χ1) is 7.04. The molecule has 1 amide bonds. The molecule has 1 aromatic rings. The predicted octanol–water partition coefficient (Wildman–Crippen LogP) is 0.175. The number of rotatable bonds is 5. The van der Waals surface area contributed by atoms with Crippen molar-refractivity contribution in [1.82, 2.24) is 15.1 Å². The quantitative estimate of drug-likeness (QED) is 0.728. The summed E-state index contributed by atoms with van der Waals surface area (Å²) in [7, 11) is 0. The van der Waals surface area contributed by atoms with E-state index >= 15 is 0 Å². The highest BCUT2D eigenvalue weighted by atomic mass is 16.1. The normalized spacial score (nSPS) is 12.7. The minimum atomic E-state index is -0.339. The second-order valence-electron chi connectivity index (χ2n) is 3.60. The van der Waals surface area contributed by atoms with Crippen molar-refractivity contribution >= 4 is 5.91 Å². The van der Waals surface area contributed by atoms with E-state index in [0.717, 1.165) is 17.9 Å². The van der Waals surface area contributed by atoms with Crippen LogP contribution in [0.4, 0.5) is 0 Å². The number of primary amides is 1.